The Morgan fingerprint density at radius 2 is 2.14 bits per heavy atom. The van der Waals surface area contributed by atoms with Crippen LogP contribution in [0.2, 0.25) is 5.02 Å². The van der Waals surface area contributed by atoms with Crippen LogP contribution >= 0.6 is 23.4 Å². The SMILES string of the molecule is Cn1cc(CCN=C(N)N2CCSCC2)c2ccc(Cl)cc21. The van der Waals surface area contributed by atoms with Gasteiger partial charge in [-0.2, -0.15) is 11.8 Å². The first kappa shape index (κ1) is 15.6. The Bertz CT molecular complexity index is 689. The minimum absolute atomic E-state index is 0.684. The quantitative estimate of drug-likeness (QED) is 0.692. The molecule has 1 saturated heterocycles. The first-order valence-corrected chi connectivity index (χ1v) is 9.04. The van der Waals surface area contributed by atoms with Crippen molar-refractivity contribution in [3.8, 4) is 0 Å². The summed E-state index contributed by atoms with van der Waals surface area (Å²) in [6.45, 7) is 2.73. The molecule has 118 valence electrons. The molecule has 22 heavy (non-hydrogen) atoms. The Hall–Kier alpha value is -1.33. The summed E-state index contributed by atoms with van der Waals surface area (Å²) < 4.78 is 2.12. The minimum Gasteiger partial charge on any atom is -0.370 e. The van der Waals surface area contributed by atoms with Gasteiger partial charge in [-0.3, -0.25) is 4.99 Å². The van der Waals surface area contributed by atoms with Crippen LogP contribution in [0, 0.1) is 0 Å². The predicted octanol–water partition coefficient (Wildman–Crippen LogP) is 2.74. The van der Waals surface area contributed by atoms with Gasteiger partial charge in [-0.1, -0.05) is 17.7 Å². The molecule has 1 aliphatic heterocycles. The normalized spacial score (nSPS) is 16.5. The molecule has 1 fully saturated rings. The zero-order valence-electron chi connectivity index (χ0n) is 12.8. The van der Waals surface area contributed by atoms with Gasteiger partial charge in [0.05, 0.1) is 0 Å². The van der Waals surface area contributed by atoms with E-state index >= 15 is 0 Å². The van der Waals surface area contributed by atoms with E-state index in [2.05, 4.69) is 26.7 Å². The second-order valence-corrected chi connectivity index (χ2v) is 7.18. The molecular weight excluding hydrogens is 316 g/mol. The van der Waals surface area contributed by atoms with Gasteiger partial charge in [-0.25, -0.2) is 0 Å². The molecule has 4 nitrogen and oxygen atoms in total. The highest BCUT2D eigenvalue weighted by atomic mass is 35.5. The van der Waals surface area contributed by atoms with E-state index in [1.165, 1.54) is 10.9 Å². The van der Waals surface area contributed by atoms with Gasteiger partial charge in [0.15, 0.2) is 5.96 Å². The zero-order valence-corrected chi connectivity index (χ0v) is 14.3. The average molecular weight is 337 g/mol. The number of halogens is 1. The van der Waals surface area contributed by atoms with Gasteiger partial charge in [0.1, 0.15) is 0 Å². The molecule has 0 unspecified atom stereocenters. The van der Waals surface area contributed by atoms with Gasteiger partial charge in [-0.15, -0.1) is 0 Å². The van der Waals surface area contributed by atoms with Crippen LogP contribution in [0.5, 0.6) is 0 Å². The van der Waals surface area contributed by atoms with Crippen LogP contribution in [0.3, 0.4) is 0 Å². The number of aryl methyl sites for hydroxylation is 1. The average Bonchev–Trinajstić information content (AvgIpc) is 2.84. The maximum absolute atomic E-state index is 6.09. The van der Waals surface area contributed by atoms with Crippen molar-refractivity contribution >= 4 is 40.2 Å². The molecule has 0 amide bonds. The van der Waals surface area contributed by atoms with Crippen molar-refractivity contribution in [2.24, 2.45) is 17.8 Å². The molecule has 1 aromatic carbocycles. The molecular formula is C16H21ClN4S. The van der Waals surface area contributed by atoms with Gasteiger partial charge >= 0.3 is 0 Å². The number of benzene rings is 1. The lowest BCUT2D eigenvalue weighted by Gasteiger charge is -2.27. The number of aliphatic imine (C=N–C) groups is 1. The van der Waals surface area contributed by atoms with E-state index in [9.17, 15) is 0 Å². The maximum Gasteiger partial charge on any atom is 0.191 e. The van der Waals surface area contributed by atoms with Crippen LogP contribution in [0.15, 0.2) is 29.4 Å². The lowest BCUT2D eigenvalue weighted by molar-refractivity contribution is 0.456. The van der Waals surface area contributed by atoms with Crippen molar-refractivity contribution in [3.05, 3.63) is 35.0 Å². The molecule has 0 aliphatic carbocycles. The van der Waals surface area contributed by atoms with Crippen molar-refractivity contribution in [2.45, 2.75) is 6.42 Å². The molecule has 1 aromatic heterocycles. The fourth-order valence-corrected chi connectivity index (χ4v) is 3.89. The summed E-state index contributed by atoms with van der Waals surface area (Å²) in [5.74, 6) is 2.96. The van der Waals surface area contributed by atoms with Gasteiger partial charge in [0, 0.05) is 60.3 Å². The molecule has 2 N–H and O–H groups in total. The number of hydrogen-bond acceptors (Lipinski definition) is 2. The number of fused-ring (bicyclic) bond motifs is 1. The molecule has 0 saturated carbocycles. The Balaban J connectivity index is 1.69. The second-order valence-electron chi connectivity index (χ2n) is 5.52. The molecule has 0 bridgehead atoms. The smallest absolute Gasteiger partial charge is 0.191 e. The van der Waals surface area contributed by atoms with Crippen molar-refractivity contribution in [3.63, 3.8) is 0 Å². The third kappa shape index (κ3) is 3.36. The fourth-order valence-electron chi connectivity index (χ4n) is 2.82. The molecule has 0 radical (unpaired) electrons. The third-order valence-electron chi connectivity index (χ3n) is 4.03. The predicted molar refractivity (Wildman–Crippen MR) is 97.0 cm³/mol. The van der Waals surface area contributed by atoms with E-state index in [0.29, 0.717) is 5.96 Å². The lowest BCUT2D eigenvalue weighted by Crippen LogP contribution is -2.42. The van der Waals surface area contributed by atoms with Crippen molar-refractivity contribution in [2.75, 3.05) is 31.1 Å². The summed E-state index contributed by atoms with van der Waals surface area (Å²) in [5.41, 5.74) is 8.55. The Morgan fingerprint density at radius 3 is 2.91 bits per heavy atom. The maximum atomic E-state index is 6.09. The van der Waals surface area contributed by atoms with Gasteiger partial charge in [-0.05, 0) is 24.1 Å². The number of hydrogen-bond donors (Lipinski definition) is 1. The summed E-state index contributed by atoms with van der Waals surface area (Å²) in [6, 6.07) is 6.03. The number of nitrogens with two attached hydrogens (primary N) is 1. The number of nitrogens with zero attached hydrogens (tertiary/aromatic N) is 3. The fraction of sp³-hybridized carbons (Fsp3) is 0.438. The van der Waals surface area contributed by atoms with Gasteiger partial charge < -0.3 is 15.2 Å². The molecule has 2 heterocycles. The van der Waals surface area contributed by atoms with Crippen LogP contribution in [-0.4, -0.2) is 46.6 Å². The standard InChI is InChI=1S/C16H21ClN4S/c1-20-11-12(14-3-2-13(17)10-15(14)20)4-5-19-16(18)21-6-8-22-9-7-21/h2-3,10-11H,4-9H2,1H3,(H2,18,19). The molecule has 1 aliphatic rings. The lowest BCUT2D eigenvalue weighted by atomic mass is 10.1. The van der Waals surface area contributed by atoms with Crippen molar-refractivity contribution in [1.82, 2.24) is 9.47 Å². The van der Waals surface area contributed by atoms with E-state index in [1.54, 1.807) is 0 Å². The van der Waals surface area contributed by atoms with E-state index in [0.717, 1.165) is 48.1 Å². The zero-order chi connectivity index (χ0) is 15.5. The Kier molecular flexibility index (Phi) is 4.84. The molecule has 0 atom stereocenters. The van der Waals surface area contributed by atoms with Crippen LogP contribution in [0.4, 0.5) is 0 Å². The van der Waals surface area contributed by atoms with Crippen LogP contribution < -0.4 is 5.73 Å². The number of aromatic nitrogens is 1. The van der Waals surface area contributed by atoms with E-state index in [4.69, 9.17) is 17.3 Å². The second kappa shape index (κ2) is 6.84. The van der Waals surface area contributed by atoms with E-state index in [1.807, 2.05) is 30.9 Å². The van der Waals surface area contributed by atoms with E-state index in [-0.39, 0.29) is 0 Å². The summed E-state index contributed by atoms with van der Waals surface area (Å²) >= 11 is 8.05. The molecule has 3 rings (SSSR count). The Morgan fingerprint density at radius 1 is 1.36 bits per heavy atom. The monoisotopic (exact) mass is 336 g/mol. The topological polar surface area (TPSA) is 46.6 Å². The highest BCUT2D eigenvalue weighted by Crippen LogP contribution is 2.24. The first-order chi connectivity index (χ1) is 10.6. The van der Waals surface area contributed by atoms with Gasteiger partial charge in [0.2, 0.25) is 0 Å². The summed E-state index contributed by atoms with van der Waals surface area (Å²) in [7, 11) is 2.05. The molecule has 0 spiro atoms. The largest absolute Gasteiger partial charge is 0.370 e. The highest BCUT2D eigenvalue weighted by Gasteiger charge is 2.12. The summed E-state index contributed by atoms with van der Waals surface area (Å²) in [5, 5.41) is 2.01. The number of thioether (sulfide) groups is 1. The van der Waals surface area contributed by atoms with E-state index < -0.39 is 0 Å². The number of rotatable bonds is 3. The third-order valence-corrected chi connectivity index (χ3v) is 5.20. The van der Waals surface area contributed by atoms with Crippen molar-refractivity contribution < 1.29 is 0 Å². The van der Waals surface area contributed by atoms with Crippen LogP contribution in [0.1, 0.15) is 5.56 Å². The van der Waals surface area contributed by atoms with Crippen LogP contribution in [-0.2, 0) is 13.5 Å². The first-order valence-electron chi connectivity index (χ1n) is 7.51. The van der Waals surface area contributed by atoms with Crippen LogP contribution in [0.25, 0.3) is 10.9 Å². The minimum atomic E-state index is 0.684. The summed E-state index contributed by atoms with van der Waals surface area (Å²) in [6.07, 6.45) is 3.05. The summed E-state index contributed by atoms with van der Waals surface area (Å²) in [4.78, 5) is 6.73. The highest BCUT2D eigenvalue weighted by molar-refractivity contribution is 7.99. The van der Waals surface area contributed by atoms with Gasteiger partial charge in [0.25, 0.3) is 0 Å². The Labute approximate surface area is 140 Å². The molecule has 6 heteroatoms. The molecule has 2 aromatic rings. The number of guanidine groups is 1. The van der Waals surface area contributed by atoms with Crippen molar-refractivity contribution in [1.29, 1.82) is 0 Å².